The molecule has 0 radical (unpaired) electrons. The highest BCUT2D eigenvalue weighted by Gasteiger charge is 2.54. The number of carbonyl (C=O) groups is 2. The molecule has 1 amide bonds. The number of anilines is 1. The molecule has 2 fully saturated rings. The van der Waals surface area contributed by atoms with Gasteiger partial charge in [-0.2, -0.15) is 0 Å². The van der Waals surface area contributed by atoms with Gasteiger partial charge in [0.25, 0.3) is 5.91 Å². The molecule has 0 bridgehead atoms. The summed E-state index contributed by atoms with van der Waals surface area (Å²) >= 11 is 0. The molecule has 3 aromatic carbocycles. The standard InChI is InChI=1S/C29H33N3O5S/c30-22-9-5-6-19(16-22)18-29(31,38(36,37)23-13-12-20-7-1-2-8-21(20)17-23)28(35)32-15-14-25(27(33)34)24-10-3-4-11-26(24)32/h1-2,5-9,12-13,16-17,24-26H,3-4,10-11,14-15,18,30-31H2,(H,33,34)/t24?,25?,26?,29-/m1/s1. The fourth-order valence-electron chi connectivity index (χ4n) is 6.29. The number of hydrogen-bond acceptors (Lipinski definition) is 6. The van der Waals surface area contributed by atoms with Gasteiger partial charge in [0.1, 0.15) is 0 Å². The third kappa shape index (κ3) is 4.54. The molecular weight excluding hydrogens is 502 g/mol. The SMILES string of the molecule is Nc1cccc(C[C@](N)(C(=O)N2CCC(C(=O)O)C3CCCCC32)S(=O)(=O)c2ccc3ccccc3c2)c1. The van der Waals surface area contributed by atoms with Crippen LogP contribution in [0.1, 0.15) is 37.7 Å². The first kappa shape index (κ1) is 26.2. The van der Waals surface area contributed by atoms with E-state index in [0.717, 1.165) is 23.6 Å². The van der Waals surface area contributed by atoms with Crippen LogP contribution in [0.25, 0.3) is 10.8 Å². The second-order valence-electron chi connectivity index (χ2n) is 10.6. The number of carboxylic acids is 1. The van der Waals surface area contributed by atoms with Crippen molar-refractivity contribution in [2.24, 2.45) is 17.6 Å². The van der Waals surface area contributed by atoms with Crippen molar-refractivity contribution in [3.8, 4) is 0 Å². The Kier molecular flexibility index (Phi) is 6.92. The molecule has 0 aromatic heterocycles. The van der Waals surface area contributed by atoms with E-state index in [1.165, 1.54) is 6.07 Å². The summed E-state index contributed by atoms with van der Waals surface area (Å²) in [7, 11) is -4.39. The molecule has 200 valence electrons. The lowest BCUT2D eigenvalue weighted by Gasteiger charge is -2.48. The summed E-state index contributed by atoms with van der Waals surface area (Å²) in [5, 5.41) is 11.4. The van der Waals surface area contributed by atoms with Gasteiger partial charge in [0.15, 0.2) is 0 Å². The van der Waals surface area contributed by atoms with Crippen molar-refractivity contribution in [3.63, 3.8) is 0 Å². The molecule has 9 heteroatoms. The van der Waals surface area contributed by atoms with Crippen LogP contribution in [0.4, 0.5) is 5.69 Å². The molecule has 5 N–H and O–H groups in total. The minimum atomic E-state index is -4.39. The van der Waals surface area contributed by atoms with Crippen LogP contribution in [-0.4, -0.2) is 47.8 Å². The number of rotatable bonds is 6. The molecule has 1 aliphatic heterocycles. The van der Waals surface area contributed by atoms with Gasteiger partial charge < -0.3 is 21.5 Å². The maximum Gasteiger partial charge on any atom is 0.306 e. The lowest BCUT2D eigenvalue weighted by molar-refractivity contribution is -0.154. The van der Waals surface area contributed by atoms with Crippen molar-refractivity contribution in [3.05, 3.63) is 72.3 Å². The molecule has 1 aliphatic carbocycles. The molecule has 3 unspecified atom stereocenters. The van der Waals surface area contributed by atoms with Gasteiger partial charge in [-0.3, -0.25) is 9.59 Å². The van der Waals surface area contributed by atoms with E-state index >= 15 is 0 Å². The number of fused-ring (bicyclic) bond motifs is 2. The summed E-state index contributed by atoms with van der Waals surface area (Å²) in [4.78, 5) is 25.6. The van der Waals surface area contributed by atoms with E-state index in [1.807, 2.05) is 24.3 Å². The summed E-state index contributed by atoms with van der Waals surface area (Å²) in [6.07, 6.45) is 3.07. The fraction of sp³-hybridized carbons (Fsp3) is 0.379. The van der Waals surface area contributed by atoms with Crippen LogP contribution in [0.3, 0.4) is 0 Å². The van der Waals surface area contributed by atoms with Crippen molar-refractivity contribution in [1.29, 1.82) is 0 Å². The van der Waals surface area contributed by atoms with E-state index in [0.29, 0.717) is 24.1 Å². The molecule has 8 nitrogen and oxygen atoms in total. The largest absolute Gasteiger partial charge is 0.481 e. The molecule has 1 saturated heterocycles. The second-order valence-corrected chi connectivity index (χ2v) is 12.8. The molecule has 0 spiro atoms. The summed E-state index contributed by atoms with van der Waals surface area (Å²) in [6.45, 7) is 0.153. The van der Waals surface area contributed by atoms with E-state index in [9.17, 15) is 23.1 Å². The van der Waals surface area contributed by atoms with Crippen molar-refractivity contribution < 1.29 is 23.1 Å². The van der Waals surface area contributed by atoms with E-state index in [4.69, 9.17) is 11.5 Å². The number of nitrogens with two attached hydrogens (primary N) is 2. The number of nitrogens with zero attached hydrogens (tertiary/aromatic N) is 1. The second kappa shape index (κ2) is 10.0. The fourth-order valence-corrected chi connectivity index (χ4v) is 7.95. The zero-order valence-electron chi connectivity index (χ0n) is 21.1. The Labute approximate surface area is 222 Å². The van der Waals surface area contributed by atoms with Gasteiger partial charge in [0, 0.05) is 24.7 Å². The zero-order chi connectivity index (χ0) is 27.1. The molecule has 38 heavy (non-hydrogen) atoms. The molecule has 5 rings (SSSR count). The Morgan fingerprint density at radius 3 is 2.42 bits per heavy atom. The number of hydrogen-bond donors (Lipinski definition) is 3. The number of piperidine rings is 1. The molecule has 3 aromatic rings. The Morgan fingerprint density at radius 1 is 0.947 bits per heavy atom. The van der Waals surface area contributed by atoms with Gasteiger partial charge >= 0.3 is 5.97 Å². The molecule has 4 atom stereocenters. The first-order chi connectivity index (χ1) is 18.1. The Bertz CT molecular complexity index is 1490. The third-order valence-electron chi connectivity index (χ3n) is 8.25. The van der Waals surface area contributed by atoms with Crippen molar-refractivity contribution in [2.45, 2.75) is 54.3 Å². The Balaban J connectivity index is 1.59. The number of nitrogen functional groups attached to an aromatic ring is 1. The highest BCUT2D eigenvalue weighted by atomic mass is 32.2. The van der Waals surface area contributed by atoms with E-state index in [2.05, 4.69) is 0 Å². The third-order valence-corrected chi connectivity index (χ3v) is 10.4. The first-order valence-corrected chi connectivity index (χ1v) is 14.5. The van der Waals surface area contributed by atoms with E-state index < -0.39 is 32.5 Å². The summed E-state index contributed by atoms with van der Waals surface area (Å²) in [6, 6.07) is 18.5. The quantitative estimate of drug-likeness (QED) is 0.409. The topological polar surface area (TPSA) is 144 Å². The van der Waals surface area contributed by atoms with E-state index in [-0.39, 0.29) is 36.2 Å². The number of carboxylic acid groups (broad SMARTS) is 1. The number of sulfone groups is 1. The van der Waals surface area contributed by atoms with Gasteiger partial charge in [-0.1, -0.05) is 55.3 Å². The summed E-state index contributed by atoms with van der Waals surface area (Å²) < 4.78 is 28.6. The summed E-state index contributed by atoms with van der Waals surface area (Å²) in [5.41, 5.74) is 13.7. The minimum Gasteiger partial charge on any atom is -0.481 e. The van der Waals surface area contributed by atoms with Crippen LogP contribution in [0.2, 0.25) is 0 Å². The van der Waals surface area contributed by atoms with E-state index in [1.54, 1.807) is 41.3 Å². The smallest absolute Gasteiger partial charge is 0.306 e. The number of amides is 1. The number of carbonyl (C=O) groups excluding carboxylic acids is 1. The number of benzene rings is 3. The van der Waals surface area contributed by atoms with Crippen LogP contribution < -0.4 is 11.5 Å². The summed E-state index contributed by atoms with van der Waals surface area (Å²) in [5.74, 6) is -2.33. The Morgan fingerprint density at radius 2 is 1.68 bits per heavy atom. The lowest BCUT2D eigenvalue weighted by atomic mass is 9.71. The molecular formula is C29H33N3O5S. The Hall–Kier alpha value is -3.43. The van der Waals surface area contributed by atoms with Crippen LogP contribution in [-0.2, 0) is 25.8 Å². The minimum absolute atomic E-state index is 0.0310. The predicted molar refractivity (Wildman–Crippen MR) is 146 cm³/mol. The maximum absolute atomic E-state index is 14.4. The van der Waals surface area contributed by atoms with Crippen molar-refractivity contribution >= 4 is 38.2 Å². The molecule has 1 saturated carbocycles. The maximum atomic E-state index is 14.4. The van der Waals surface area contributed by atoms with Crippen molar-refractivity contribution in [2.75, 3.05) is 12.3 Å². The molecule has 1 heterocycles. The van der Waals surface area contributed by atoms with Crippen LogP contribution >= 0.6 is 0 Å². The highest BCUT2D eigenvalue weighted by molar-refractivity contribution is 7.93. The zero-order valence-corrected chi connectivity index (χ0v) is 21.9. The number of likely N-dealkylation sites (tertiary alicyclic amines) is 1. The normalized spacial score (nSPS) is 23.4. The van der Waals surface area contributed by atoms with Crippen LogP contribution in [0, 0.1) is 11.8 Å². The monoisotopic (exact) mass is 535 g/mol. The lowest BCUT2D eigenvalue weighted by Crippen LogP contribution is -2.66. The molecule has 2 aliphatic rings. The van der Waals surface area contributed by atoms with Gasteiger partial charge in [-0.05, 0) is 65.8 Å². The average Bonchev–Trinajstić information content (AvgIpc) is 2.91. The van der Waals surface area contributed by atoms with Gasteiger partial charge in [0.05, 0.1) is 10.8 Å². The predicted octanol–water partition coefficient (Wildman–Crippen LogP) is 3.59. The first-order valence-electron chi connectivity index (χ1n) is 13.0. The van der Waals surface area contributed by atoms with Crippen molar-refractivity contribution in [1.82, 2.24) is 4.90 Å². The number of aliphatic carboxylic acids is 1. The van der Waals surface area contributed by atoms with Gasteiger partial charge in [-0.15, -0.1) is 0 Å². The van der Waals surface area contributed by atoms with Gasteiger partial charge in [-0.25, -0.2) is 8.42 Å². The van der Waals surface area contributed by atoms with Gasteiger partial charge in [0.2, 0.25) is 14.7 Å². The average molecular weight is 536 g/mol. The van der Waals surface area contributed by atoms with Crippen LogP contribution in [0.15, 0.2) is 71.6 Å². The highest BCUT2D eigenvalue weighted by Crippen LogP contribution is 2.41. The van der Waals surface area contributed by atoms with Crippen LogP contribution in [0.5, 0.6) is 0 Å².